The van der Waals surface area contributed by atoms with E-state index in [9.17, 15) is 9.59 Å². The van der Waals surface area contributed by atoms with Gasteiger partial charge in [-0.05, 0) is 56.0 Å². The second-order valence-electron chi connectivity index (χ2n) is 11.1. The number of hydrogen-bond acceptors (Lipinski definition) is 5. The summed E-state index contributed by atoms with van der Waals surface area (Å²) in [6.07, 6.45) is 3.68. The fourth-order valence-corrected chi connectivity index (χ4v) is 4.72. The lowest BCUT2D eigenvalue weighted by atomic mass is 10.1. The van der Waals surface area contributed by atoms with Crippen molar-refractivity contribution in [1.29, 1.82) is 0 Å². The number of nitrogens with one attached hydrogen (secondary N) is 1. The quantitative estimate of drug-likeness (QED) is 0.162. The molecule has 2 aliphatic rings. The molecule has 3 aromatic rings. The highest BCUT2D eigenvalue weighted by atomic mass is 16.6. The van der Waals surface area contributed by atoms with Crippen molar-refractivity contribution in [1.82, 2.24) is 14.5 Å². The zero-order chi connectivity index (χ0) is 28.8. The fourth-order valence-electron chi connectivity index (χ4n) is 4.72. The largest absolute Gasteiger partial charge is 0.494 e. The minimum atomic E-state index is -0.492. The Morgan fingerprint density at radius 1 is 0.902 bits per heavy atom. The lowest BCUT2D eigenvalue weighted by molar-refractivity contribution is -0.155. The first kappa shape index (κ1) is 27.9. The van der Waals surface area contributed by atoms with E-state index >= 15 is 0 Å². The molecule has 41 heavy (non-hydrogen) atoms. The van der Waals surface area contributed by atoms with Gasteiger partial charge in [0.2, 0.25) is 0 Å². The molecule has 0 saturated heterocycles. The molecule has 0 bridgehead atoms. The second kappa shape index (κ2) is 12.3. The molecule has 1 N–H and O–H groups in total. The summed E-state index contributed by atoms with van der Waals surface area (Å²) >= 11 is 0. The zero-order valence-corrected chi connectivity index (χ0v) is 23.7. The predicted molar refractivity (Wildman–Crippen MR) is 160 cm³/mol. The maximum Gasteiger partial charge on any atom is 0.306 e. The Bertz CT molecular complexity index is 1630. The van der Waals surface area contributed by atoms with E-state index in [0.29, 0.717) is 49.6 Å². The smallest absolute Gasteiger partial charge is 0.306 e. The maximum absolute atomic E-state index is 13.6. The van der Waals surface area contributed by atoms with Gasteiger partial charge in [-0.2, -0.15) is 0 Å². The molecule has 0 amide bonds. The molecule has 7 heteroatoms. The molecule has 0 unspecified atom stereocenters. The van der Waals surface area contributed by atoms with Crippen molar-refractivity contribution in [2.24, 2.45) is 0 Å². The Morgan fingerprint density at radius 2 is 1.61 bits per heavy atom. The molecule has 0 radical (unpaired) electrons. The minimum absolute atomic E-state index is 0.135. The van der Waals surface area contributed by atoms with E-state index in [4.69, 9.17) is 14.5 Å². The van der Waals surface area contributed by atoms with Crippen LogP contribution in [0.4, 0.5) is 0 Å². The number of imidazole rings is 1. The first-order valence-electron chi connectivity index (χ1n) is 13.9. The summed E-state index contributed by atoms with van der Waals surface area (Å²) in [7, 11) is 0. The lowest BCUT2D eigenvalue weighted by Gasteiger charge is -2.19. The van der Waals surface area contributed by atoms with Crippen molar-refractivity contribution in [2.45, 2.75) is 52.1 Å². The number of benzene rings is 3. The highest BCUT2D eigenvalue weighted by Gasteiger charge is 2.21. The van der Waals surface area contributed by atoms with Crippen molar-refractivity contribution in [3.8, 4) is 22.8 Å². The SMILES string of the molecule is CC(C)(C)OC(=O)CCCOc1cccc(Cc2nc3c(Cc4ccccc4)[nH]c(-c4ccccc4)cn-3c2=O)c1. The first-order chi connectivity index (χ1) is 19.7. The second-order valence-corrected chi connectivity index (χ2v) is 11.1. The average molecular weight is 550 g/mol. The van der Waals surface area contributed by atoms with Crippen LogP contribution < -0.4 is 10.3 Å². The molecule has 0 fully saturated rings. The van der Waals surface area contributed by atoms with Crippen molar-refractivity contribution >= 4 is 5.97 Å². The van der Waals surface area contributed by atoms with Crippen LogP contribution in [0.25, 0.3) is 17.1 Å². The van der Waals surface area contributed by atoms with E-state index in [0.717, 1.165) is 28.1 Å². The van der Waals surface area contributed by atoms with E-state index in [1.54, 1.807) is 4.57 Å². The van der Waals surface area contributed by atoms with Crippen LogP contribution in [0.1, 0.15) is 56.1 Å². The van der Waals surface area contributed by atoms with E-state index in [1.165, 1.54) is 0 Å². The standard InChI is InChI=1S/C34H35N3O4/c1-34(2,3)41-31(38)18-11-19-40-27-17-10-14-25(20-27)22-29-33(39)37-23-30(26-15-8-5-9-16-26)35-28(32(37)36-29)21-24-12-6-4-7-13-24/h4-10,12-17,20,23,35H,11,18-19,21-22H2,1-3H3. The average Bonchev–Trinajstić information content (AvgIpc) is 3.26. The normalized spacial score (nSPS) is 11.5. The monoisotopic (exact) mass is 549 g/mol. The number of esters is 1. The van der Waals surface area contributed by atoms with Crippen LogP contribution >= 0.6 is 0 Å². The van der Waals surface area contributed by atoms with Crippen LogP contribution in [0.15, 0.2) is 95.9 Å². The molecule has 0 saturated carbocycles. The number of fused-ring (bicyclic) bond motifs is 1. The third-order valence-corrected chi connectivity index (χ3v) is 6.54. The van der Waals surface area contributed by atoms with Gasteiger partial charge in [0.15, 0.2) is 5.82 Å². The Morgan fingerprint density at radius 3 is 2.34 bits per heavy atom. The number of hydrogen-bond donors (Lipinski definition) is 1. The predicted octanol–water partition coefficient (Wildman–Crippen LogP) is 6.35. The Labute approximate surface area is 240 Å². The van der Waals surface area contributed by atoms with Crippen LogP contribution in [-0.2, 0) is 22.4 Å². The number of nitrogens with zero attached hydrogens (tertiary/aromatic N) is 2. The van der Waals surface area contributed by atoms with Crippen LogP contribution in [-0.4, -0.2) is 32.7 Å². The summed E-state index contributed by atoms with van der Waals surface area (Å²) in [6.45, 7) is 5.96. The van der Waals surface area contributed by atoms with E-state index in [2.05, 4.69) is 17.1 Å². The van der Waals surface area contributed by atoms with Gasteiger partial charge in [-0.3, -0.25) is 14.2 Å². The molecule has 0 atom stereocenters. The number of rotatable bonds is 10. The van der Waals surface area contributed by atoms with Gasteiger partial charge in [-0.25, -0.2) is 4.98 Å². The van der Waals surface area contributed by atoms with Crippen molar-refractivity contribution in [3.05, 3.63) is 124 Å². The zero-order valence-electron chi connectivity index (χ0n) is 23.7. The van der Waals surface area contributed by atoms with Gasteiger partial charge in [-0.1, -0.05) is 72.8 Å². The van der Waals surface area contributed by atoms with Gasteiger partial charge in [0.1, 0.15) is 17.0 Å². The number of aromatic nitrogens is 3. The van der Waals surface area contributed by atoms with Gasteiger partial charge in [0.05, 0.1) is 18.0 Å². The molecular formula is C34H35N3O4. The highest BCUT2D eigenvalue weighted by molar-refractivity contribution is 5.69. The third-order valence-electron chi connectivity index (χ3n) is 6.54. The van der Waals surface area contributed by atoms with Crippen LogP contribution in [0.5, 0.6) is 5.75 Å². The molecule has 0 aromatic heterocycles. The van der Waals surface area contributed by atoms with Gasteiger partial charge in [0, 0.05) is 25.5 Å². The summed E-state index contributed by atoms with van der Waals surface area (Å²) in [5.41, 5.74) is 4.62. The molecule has 2 aliphatic heterocycles. The number of aromatic amines is 1. The van der Waals surface area contributed by atoms with Crippen LogP contribution in [0.2, 0.25) is 0 Å². The van der Waals surface area contributed by atoms with Crippen LogP contribution in [0.3, 0.4) is 0 Å². The molecule has 0 aliphatic carbocycles. The lowest BCUT2D eigenvalue weighted by Crippen LogP contribution is -2.23. The molecule has 0 spiro atoms. The topological polar surface area (TPSA) is 86.2 Å². The van der Waals surface area contributed by atoms with Gasteiger partial charge in [-0.15, -0.1) is 0 Å². The summed E-state index contributed by atoms with van der Waals surface area (Å²) in [5, 5.41) is 0. The highest BCUT2D eigenvalue weighted by Crippen LogP contribution is 2.24. The van der Waals surface area contributed by atoms with Gasteiger partial charge >= 0.3 is 5.97 Å². The number of carbonyl (C=O) groups is 1. The molecule has 210 valence electrons. The third kappa shape index (κ3) is 7.31. The molecule has 3 aromatic carbocycles. The Balaban J connectivity index is 1.36. The summed E-state index contributed by atoms with van der Waals surface area (Å²) in [5.74, 6) is 1.08. The number of ether oxygens (including phenoxy) is 2. The van der Waals surface area contributed by atoms with Crippen molar-refractivity contribution in [2.75, 3.05) is 6.61 Å². The molecule has 5 rings (SSSR count). The number of H-pyrrole nitrogens is 1. The van der Waals surface area contributed by atoms with Gasteiger partial charge in [0.25, 0.3) is 5.56 Å². The molecule has 7 nitrogen and oxygen atoms in total. The molecule has 2 heterocycles. The maximum atomic E-state index is 13.6. The molecular weight excluding hydrogens is 514 g/mol. The van der Waals surface area contributed by atoms with E-state index in [-0.39, 0.29) is 11.5 Å². The minimum Gasteiger partial charge on any atom is -0.494 e. The summed E-state index contributed by atoms with van der Waals surface area (Å²) < 4.78 is 12.9. The Hall–Kier alpha value is -4.65. The fraction of sp³-hybridized carbons (Fsp3) is 0.265. The first-order valence-corrected chi connectivity index (χ1v) is 13.9. The summed E-state index contributed by atoms with van der Waals surface area (Å²) in [6, 6.07) is 27.8. The van der Waals surface area contributed by atoms with E-state index in [1.807, 2.05) is 99.8 Å². The van der Waals surface area contributed by atoms with Crippen molar-refractivity contribution in [3.63, 3.8) is 0 Å². The van der Waals surface area contributed by atoms with Gasteiger partial charge < -0.3 is 14.5 Å². The Kier molecular flexibility index (Phi) is 8.34. The number of carbonyl (C=O) groups excluding carboxylic acids is 1. The summed E-state index contributed by atoms with van der Waals surface area (Å²) in [4.78, 5) is 33.9. The van der Waals surface area contributed by atoms with Crippen LogP contribution in [0, 0.1) is 0 Å². The van der Waals surface area contributed by atoms with Crippen molar-refractivity contribution < 1.29 is 14.3 Å². The van der Waals surface area contributed by atoms with E-state index < -0.39 is 5.60 Å².